The topological polar surface area (TPSA) is 115 Å². The lowest BCUT2D eigenvalue weighted by molar-refractivity contribution is 0.135. The zero-order chi connectivity index (χ0) is 19.4. The Bertz CT molecular complexity index is 665. The summed E-state index contributed by atoms with van der Waals surface area (Å²) < 4.78 is 0. The van der Waals surface area contributed by atoms with Crippen LogP contribution in [0.2, 0.25) is 0 Å². The third kappa shape index (κ3) is 4.41. The Morgan fingerprint density at radius 2 is 1.67 bits per heavy atom. The van der Waals surface area contributed by atoms with E-state index in [2.05, 4.69) is 9.89 Å². The van der Waals surface area contributed by atoms with Gasteiger partial charge in [0.2, 0.25) is 0 Å². The molecule has 4 N–H and O–H groups in total. The van der Waals surface area contributed by atoms with Gasteiger partial charge in [-0.1, -0.05) is 30.9 Å². The SMILES string of the molecule is N#C/C(N)=C(\Cl)N=C(N)N1CCCC(N2CCN(C3CCCCC3)C2=O)C1. The quantitative estimate of drug-likeness (QED) is 0.328. The second kappa shape index (κ2) is 8.70. The summed E-state index contributed by atoms with van der Waals surface area (Å²) in [5, 5.41) is 8.69. The van der Waals surface area contributed by atoms with Crippen LogP contribution in [0, 0.1) is 11.3 Å². The molecule has 2 amide bonds. The van der Waals surface area contributed by atoms with Crippen LogP contribution in [-0.4, -0.2) is 65.0 Å². The number of amides is 2. The monoisotopic (exact) mass is 393 g/mol. The first-order valence-electron chi connectivity index (χ1n) is 9.73. The number of likely N-dealkylation sites (tertiary alicyclic amines) is 1. The molecule has 0 aromatic rings. The Labute approximate surface area is 165 Å². The summed E-state index contributed by atoms with van der Waals surface area (Å²) in [6.07, 6.45) is 7.85. The number of guanidine groups is 1. The van der Waals surface area contributed by atoms with Gasteiger partial charge < -0.3 is 26.2 Å². The number of nitriles is 1. The zero-order valence-corrected chi connectivity index (χ0v) is 16.4. The van der Waals surface area contributed by atoms with Crippen LogP contribution in [0.3, 0.4) is 0 Å². The number of aliphatic imine (C=N–C) groups is 1. The highest BCUT2D eigenvalue weighted by Crippen LogP contribution is 2.28. The van der Waals surface area contributed by atoms with Crippen LogP contribution in [0.15, 0.2) is 15.8 Å². The highest BCUT2D eigenvalue weighted by Gasteiger charge is 2.39. The van der Waals surface area contributed by atoms with Gasteiger partial charge in [0.1, 0.15) is 11.8 Å². The number of nitrogens with zero attached hydrogens (tertiary/aromatic N) is 5. The van der Waals surface area contributed by atoms with Crippen molar-refractivity contribution < 1.29 is 4.79 Å². The van der Waals surface area contributed by atoms with Crippen molar-refractivity contribution >= 4 is 23.6 Å². The molecule has 8 nitrogen and oxygen atoms in total. The van der Waals surface area contributed by atoms with Crippen LogP contribution in [-0.2, 0) is 0 Å². The molecule has 9 heteroatoms. The van der Waals surface area contributed by atoms with Crippen molar-refractivity contribution in [3.8, 4) is 6.07 Å². The van der Waals surface area contributed by atoms with Gasteiger partial charge in [-0.15, -0.1) is 0 Å². The molecule has 3 fully saturated rings. The van der Waals surface area contributed by atoms with Gasteiger partial charge in [-0.05, 0) is 25.7 Å². The maximum Gasteiger partial charge on any atom is 0.320 e. The van der Waals surface area contributed by atoms with E-state index >= 15 is 0 Å². The smallest absolute Gasteiger partial charge is 0.320 e. The molecular weight excluding hydrogens is 366 g/mol. The van der Waals surface area contributed by atoms with E-state index in [1.54, 1.807) is 6.07 Å². The average Bonchev–Trinajstić information content (AvgIpc) is 3.09. The summed E-state index contributed by atoms with van der Waals surface area (Å²) in [6, 6.07) is 2.44. The first kappa shape index (κ1) is 19.6. The fourth-order valence-electron chi connectivity index (χ4n) is 4.34. The van der Waals surface area contributed by atoms with E-state index in [1.165, 1.54) is 19.3 Å². The number of hydrogen-bond donors (Lipinski definition) is 2. The van der Waals surface area contributed by atoms with E-state index < -0.39 is 0 Å². The highest BCUT2D eigenvalue weighted by atomic mass is 35.5. The standard InChI is InChI=1S/C18H28ClN7O/c19-16(15(21)11-20)23-17(22)24-8-4-7-14(12-24)26-10-9-25(18(26)27)13-5-2-1-3-6-13/h13-14H,1-10,12,21H2,(H2,22,23)/b16-15-. The Hall–Kier alpha value is -2.14. The van der Waals surface area contributed by atoms with Crippen molar-refractivity contribution in [2.24, 2.45) is 16.5 Å². The Kier molecular flexibility index (Phi) is 6.32. The van der Waals surface area contributed by atoms with Gasteiger partial charge in [0.25, 0.3) is 0 Å². The molecule has 0 aromatic heterocycles. The molecular formula is C18H28ClN7O. The third-order valence-electron chi connectivity index (χ3n) is 5.81. The molecule has 27 heavy (non-hydrogen) atoms. The molecule has 1 unspecified atom stereocenters. The van der Waals surface area contributed by atoms with Crippen LogP contribution in [0.1, 0.15) is 44.9 Å². The van der Waals surface area contributed by atoms with Crippen LogP contribution in [0.25, 0.3) is 0 Å². The number of urea groups is 1. The number of nitrogens with two attached hydrogens (primary N) is 2. The van der Waals surface area contributed by atoms with Gasteiger partial charge in [-0.25, -0.2) is 9.79 Å². The van der Waals surface area contributed by atoms with Gasteiger partial charge >= 0.3 is 6.03 Å². The lowest BCUT2D eigenvalue weighted by Gasteiger charge is -2.38. The lowest BCUT2D eigenvalue weighted by atomic mass is 9.94. The minimum Gasteiger partial charge on any atom is -0.388 e. The molecule has 2 heterocycles. The average molecular weight is 394 g/mol. The molecule has 0 bridgehead atoms. The number of rotatable bonds is 3. The number of allylic oxidation sites excluding steroid dienone is 1. The van der Waals surface area contributed by atoms with Crippen LogP contribution in [0.4, 0.5) is 4.79 Å². The largest absolute Gasteiger partial charge is 0.388 e. The van der Waals surface area contributed by atoms with Crippen molar-refractivity contribution in [3.63, 3.8) is 0 Å². The molecule has 2 saturated heterocycles. The van der Waals surface area contributed by atoms with Crippen molar-refractivity contribution in [2.75, 3.05) is 26.2 Å². The number of carbonyl (C=O) groups is 1. The molecule has 3 aliphatic rings. The fraction of sp³-hybridized carbons (Fsp3) is 0.722. The molecule has 148 valence electrons. The maximum absolute atomic E-state index is 13.0. The van der Waals surface area contributed by atoms with Crippen LogP contribution >= 0.6 is 11.6 Å². The second-order valence-electron chi connectivity index (χ2n) is 7.49. The normalized spacial score (nSPS) is 26.2. The van der Waals surface area contributed by atoms with Gasteiger partial charge in [0.05, 0.1) is 6.04 Å². The van der Waals surface area contributed by atoms with Crippen molar-refractivity contribution in [1.82, 2.24) is 14.7 Å². The zero-order valence-electron chi connectivity index (χ0n) is 15.6. The number of halogens is 1. The predicted octanol–water partition coefficient (Wildman–Crippen LogP) is 1.73. The van der Waals surface area contributed by atoms with E-state index in [0.717, 1.165) is 45.3 Å². The summed E-state index contributed by atoms with van der Waals surface area (Å²) in [5.74, 6) is 0.235. The lowest BCUT2D eigenvalue weighted by Crippen LogP contribution is -2.53. The van der Waals surface area contributed by atoms with Crippen molar-refractivity contribution in [1.29, 1.82) is 5.26 Å². The molecule has 1 atom stereocenters. The number of piperidine rings is 1. The molecule has 1 aliphatic carbocycles. The van der Waals surface area contributed by atoms with Gasteiger partial charge in [-0.3, -0.25) is 0 Å². The molecule has 1 saturated carbocycles. The van der Waals surface area contributed by atoms with Crippen LogP contribution in [0.5, 0.6) is 0 Å². The third-order valence-corrected chi connectivity index (χ3v) is 6.09. The maximum atomic E-state index is 13.0. The van der Waals surface area contributed by atoms with E-state index in [4.69, 9.17) is 28.3 Å². The van der Waals surface area contributed by atoms with Gasteiger partial charge in [0.15, 0.2) is 11.1 Å². The van der Waals surface area contributed by atoms with Crippen molar-refractivity contribution in [3.05, 3.63) is 10.9 Å². The van der Waals surface area contributed by atoms with E-state index in [-0.39, 0.29) is 28.9 Å². The first-order chi connectivity index (χ1) is 13.0. The summed E-state index contributed by atoms with van der Waals surface area (Å²) in [5.41, 5.74) is 11.4. The molecule has 2 aliphatic heterocycles. The Balaban J connectivity index is 1.64. The van der Waals surface area contributed by atoms with E-state index in [0.29, 0.717) is 12.6 Å². The number of carbonyl (C=O) groups excluding carboxylic acids is 1. The summed E-state index contributed by atoms with van der Waals surface area (Å²) in [7, 11) is 0. The van der Waals surface area contributed by atoms with E-state index in [1.807, 2.05) is 9.80 Å². The minimum absolute atomic E-state index is 0.0992. The number of hydrogen-bond acceptors (Lipinski definition) is 4. The molecule has 0 spiro atoms. The summed E-state index contributed by atoms with van der Waals surface area (Å²) in [4.78, 5) is 23.0. The van der Waals surface area contributed by atoms with Gasteiger partial charge in [0, 0.05) is 32.2 Å². The van der Waals surface area contributed by atoms with Gasteiger partial charge in [-0.2, -0.15) is 5.26 Å². The first-order valence-corrected chi connectivity index (χ1v) is 10.1. The fourth-order valence-corrected chi connectivity index (χ4v) is 4.47. The molecule has 3 rings (SSSR count). The minimum atomic E-state index is -0.161. The Morgan fingerprint density at radius 3 is 2.33 bits per heavy atom. The summed E-state index contributed by atoms with van der Waals surface area (Å²) in [6.45, 7) is 2.96. The summed E-state index contributed by atoms with van der Waals surface area (Å²) >= 11 is 5.90. The second-order valence-corrected chi connectivity index (χ2v) is 7.85. The van der Waals surface area contributed by atoms with Crippen LogP contribution < -0.4 is 11.5 Å². The van der Waals surface area contributed by atoms with Crippen molar-refractivity contribution in [2.45, 2.75) is 57.0 Å². The Morgan fingerprint density at radius 1 is 1.04 bits per heavy atom. The predicted molar refractivity (Wildman–Crippen MR) is 105 cm³/mol. The molecule has 0 aromatic carbocycles. The molecule has 0 radical (unpaired) electrons. The van der Waals surface area contributed by atoms with E-state index in [9.17, 15) is 4.79 Å². The highest BCUT2D eigenvalue weighted by molar-refractivity contribution is 6.30.